The highest BCUT2D eigenvalue weighted by atomic mass is 35.5. The third kappa shape index (κ3) is 5.12. The molecule has 0 fully saturated rings. The molecule has 2 aromatic rings. The zero-order valence-electron chi connectivity index (χ0n) is 14.5. The fraction of sp³-hybridized carbons (Fsp3) is 0.375. The van der Waals surface area contributed by atoms with E-state index in [1.807, 2.05) is 0 Å². The molecular formula is C16H18Cl2N4O3S. The molecule has 1 heterocycles. The van der Waals surface area contributed by atoms with Crippen LogP contribution in [0.3, 0.4) is 0 Å². The molecule has 0 saturated heterocycles. The monoisotopic (exact) mass is 416 g/mol. The molecule has 0 spiro atoms. The molecule has 0 bridgehead atoms. The van der Waals surface area contributed by atoms with Crippen molar-refractivity contribution in [2.45, 2.75) is 30.7 Å². The van der Waals surface area contributed by atoms with Crippen LogP contribution < -0.4 is 5.32 Å². The molecule has 0 unspecified atom stereocenters. The summed E-state index contributed by atoms with van der Waals surface area (Å²) in [5.74, 6) is -0.189. The molecule has 0 aliphatic carbocycles. The number of hydrogen-bond acceptors (Lipinski definition) is 6. The normalized spacial score (nSPS) is 11.9. The van der Waals surface area contributed by atoms with Crippen LogP contribution in [-0.4, -0.2) is 38.5 Å². The highest BCUT2D eigenvalue weighted by molar-refractivity contribution is 8.00. The Balaban J connectivity index is 2.03. The van der Waals surface area contributed by atoms with Crippen LogP contribution in [0, 0.1) is 0 Å². The molecule has 0 aliphatic rings. The number of benzene rings is 1. The van der Waals surface area contributed by atoms with Gasteiger partial charge in [-0.25, -0.2) is 0 Å². The van der Waals surface area contributed by atoms with Gasteiger partial charge in [-0.3, -0.25) is 9.59 Å². The molecule has 1 N–H and O–H groups in total. The van der Waals surface area contributed by atoms with Gasteiger partial charge in [0.2, 0.25) is 5.91 Å². The second kappa shape index (κ2) is 9.25. The Morgan fingerprint density at radius 3 is 2.58 bits per heavy atom. The summed E-state index contributed by atoms with van der Waals surface area (Å²) in [5.41, 5.74) is 0.370. The maximum Gasteiger partial charge on any atom is 0.313 e. The summed E-state index contributed by atoms with van der Waals surface area (Å²) < 4.78 is 6.56. The molecule has 2 rings (SSSR count). The SMILES string of the molecule is CCOC(=O)Cc1nnc(S[C@@H](C)C(=O)Nc2c(Cl)cccc2Cl)n1C. The molecule has 1 atom stereocenters. The lowest BCUT2D eigenvalue weighted by atomic mass is 10.3. The third-order valence-electron chi connectivity index (χ3n) is 3.40. The van der Waals surface area contributed by atoms with Gasteiger partial charge in [0.05, 0.1) is 27.6 Å². The van der Waals surface area contributed by atoms with E-state index in [1.54, 1.807) is 43.7 Å². The van der Waals surface area contributed by atoms with Gasteiger partial charge < -0.3 is 14.6 Å². The Morgan fingerprint density at radius 1 is 1.31 bits per heavy atom. The van der Waals surface area contributed by atoms with Gasteiger partial charge in [-0.1, -0.05) is 41.0 Å². The molecule has 0 saturated carbocycles. The summed E-state index contributed by atoms with van der Waals surface area (Å²) >= 11 is 13.3. The maximum atomic E-state index is 12.4. The first kappa shape index (κ1) is 20.5. The summed E-state index contributed by atoms with van der Waals surface area (Å²) in [7, 11) is 1.73. The molecule has 26 heavy (non-hydrogen) atoms. The summed E-state index contributed by atoms with van der Waals surface area (Å²) in [5, 5.41) is 11.5. The average Bonchev–Trinajstić information content (AvgIpc) is 2.91. The van der Waals surface area contributed by atoms with Gasteiger partial charge in [-0.05, 0) is 26.0 Å². The van der Waals surface area contributed by atoms with Gasteiger partial charge in [-0.2, -0.15) is 0 Å². The van der Waals surface area contributed by atoms with E-state index in [-0.39, 0.29) is 18.3 Å². The second-order valence-corrected chi connectivity index (χ2v) is 7.41. The highest BCUT2D eigenvalue weighted by Gasteiger charge is 2.21. The van der Waals surface area contributed by atoms with Gasteiger partial charge in [0.25, 0.3) is 0 Å². The molecule has 1 aromatic heterocycles. The predicted molar refractivity (Wildman–Crippen MR) is 102 cm³/mol. The van der Waals surface area contributed by atoms with Crippen molar-refractivity contribution in [2.24, 2.45) is 7.05 Å². The molecule has 1 aromatic carbocycles. The zero-order chi connectivity index (χ0) is 19.3. The standard InChI is InChI=1S/C16H18Cl2N4O3S/c1-4-25-13(23)8-12-20-21-16(22(12)3)26-9(2)15(24)19-14-10(17)6-5-7-11(14)18/h5-7,9H,4,8H2,1-3H3,(H,19,24)/t9-/m0/s1. The molecule has 140 valence electrons. The first-order valence-corrected chi connectivity index (χ1v) is 9.42. The Kier molecular flexibility index (Phi) is 7.31. The van der Waals surface area contributed by atoms with E-state index in [4.69, 9.17) is 27.9 Å². The number of esters is 1. The molecule has 1 amide bonds. The minimum Gasteiger partial charge on any atom is -0.466 e. The van der Waals surface area contributed by atoms with Crippen LogP contribution >= 0.6 is 35.0 Å². The zero-order valence-corrected chi connectivity index (χ0v) is 16.8. The van der Waals surface area contributed by atoms with E-state index in [0.717, 1.165) is 0 Å². The van der Waals surface area contributed by atoms with Gasteiger partial charge in [-0.15, -0.1) is 10.2 Å². The Bertz CT molecular complexity index is 793. The smallest absolute Gasteiger partial charge is 0.313 e. The van der Waals surface area contributed by atoms with E-state index in [0.29, 0.717) is 33.3 Å². The summed E-state index contributed by atoms with van der Waals surface area (Å²) in [4.78, 5) is 24.0. The molecule has 10 heteroatoms. The first-order valence-electron chi connectivity index (χ1n) is 7.78. The lowest BCUT2D eigenvalue weighted by molar-refractivity contribution is -0.142. The number of nitrogens with zero attached hydrogens (tertiary/aromatic N) is 3. The number of amides is 1. The Labute approximate surface area is 165 Å². The number of hydrogen-bond donors (Lipinski definition) is 1. The van der Waals surface area contributed by atoms with Crippen molar-refractivity contribution in [3.8, 4) is 0 Å². The molecule has 0 aliphatic heterocycles. The minimum atomic E-state index is -0.485. The number of anilines is 1. The lowest BCUT2D eigenvalue weighted by Crippen LogP contribution is -2.23. The van der Waals surface area contributed by atoms with E-state index in [1.165, 1.54) is 11.8 Å². The van der Waals surface area contributed by atoms with Crippen LogP contribution in [0.15, 0.2) is 23.4 Å². The van der Waals surface area contributed by atoms with Gasteiger partial charge in [0.1, 0.15) is 12.2 Å². The number of carbonyl (C=O) groups excluding carboxylic acids is 2. The molecule has 7 nitrogen and oxygen atoms in total. The van der Waals surface area contributed by atoms with Crippen molar-refractivity contribution in [3.05, 3.63) is 34.1 Å². The predicted octanol–water partition coefficient (Wildman–Crippen LogP) is 3.35. The largest absolute Gasteiger partial charge is 0.466 e. The van der Waals surface area contributed by atoms with E-state index in [2.05, 4.69) is 15.5 Å². The van der Waals surface area contributed by atoms with Crippen molar-refractivity contribution >= 4 is 52.5 Å². The topological polar surface area (TPSA) is 86.1 Å². The number of carbonyl (C=O) groups is 2. The number of nitrogens with one attached hydrogen (secondary N) is 1. The van der Waals surface area contributed by atoms with Crippen LogP contribution in [-0.2, 0) is 27.8 Å². The summed E-state index contributed by atoms with van der Waals surface area (Å²) in [6.45, 7) is 3.77. The second-order valence-electron chi connectivity index (χ2n) is 5.29. The van der Waals surface area contributed by atoms with Crippen LogP contribution in [0.1, 0.15) is 19.7 Å². The van der Waals surface area contributed by atoms with Crippen molar-refractivity contribution in [1.29, 1.82) is 0 Å². The van der Waals surface area contributed by atoms with Crippen molar-refractivity contribution < 1.29 is 14.3 Å². The summed E-state index contributed by atoms with van der Waals surface area (Å²) in [6.07, 6.45) is 0.0215. The van der Waals surface area contributed by atoms with Crippen molar-refractivity contribution in [1.82, 2.24) is 14.8 Å². The fourth-order valence-corrected chi connectivity index (χ4v) is 3.32. The highest BCUT2D eigenvalue weighted by Crippen LogP contribution is 2.31. The van der Waals surface area contributed by atoms with Gasteiger partial charge >= 0.3 is 5.97 Å². The quantitative estimate of drug-likeness (QED) is 0.549. The number of ether oxygens (including phenoxy) is 1. The first-order chi connectivity index (χ1) is 12.3. The Morgan fingerprint density at radius 2 is 1.96 bits per heavy atom. The fourth-order valence-electron chi connectivity index (χ4n) is 2.00. The Hall–Kier alpha value is -1.77. The molecular weight excluding hydrogens is 399 g/mol. The van der Waals surface area contributed by atoms with Crippen molar-refractivity contribution in [3.63, 3.8) is 0 Å². The van der Waals surface area contributed by atoms with Crippen LogP contribution in [0.2, 0.25) is 10.0 Å². The number of aromatic nitrogens is 3. The van der Waals surface area contributed by atoms with E-state index < -0.39 is 5.25 Å². The summed E-state index contributed by atoms with van der Waals surface area (Å²) in [6, 6.07) is 4.99. The average molecular weight is 417 g/mol. The van der Waals surface area contributed by atoms with Gasteiger partial charge in [0.15, 0.2) is 5.16 Å². The lowest BCUT2D eigenvalue weighted by Gasteiger charge is -2.13. The van der Waals surface area contributed by atoms with E-state index in [9.17, 15) is 9.59 Å². The molecule has 0 radical (unpaired) electrons. The minimum absolute atomic E-state index is 0.0215. The van der Waals surface area contributed by atoms with Crippen molar-refractivity contribution in [2.75, 3.05) is 11.9 Å². The van der Waals surface area contributed by atoms with Gasteiger partial charge in [0, 0.05) is 7.05 Å². The van der Waals surface area contributed by atoms with Crippen LogP contribution in [0.5, 0.6) is 0 Å². The third-order valence-corrected chi connectivity index (χ3v) is 5.16. The number of rotatable bonds is 7. The van der Waals surface area contributed by atoms with E-state index >= 15 is 0 Å². The van der Waals surface area contributed by atoms with Crippen LogP contribution in [0.25, 0.3) is 0 Å². The number of para-hydroxylation sites is 1. The number of thioether (sulfide) groups is 1. The van der Waals surface area contributed by atoms with Crippen LogP contribution in [0.4, 0.5) is 5.69 Å². The number of halogens is 2. The maximum absolute atomic E-state index is 12.4.